The highest BCUT2D eigenvalue weighted by atomic mass is 35.5. The van der Waals surface area contributed by atoms with Crippen molar-refractivity contribution in [2.75, 3.05) is 6.61 Å². The van der Waals surface area contributed by atoms with E-state index in [2.05, 4.69) is 15.1 Å². The normalized spacial score (nSPS) is 17.4. The van der Waals surface area contributed by atoms with E-state index in [0.717, 1.165) is 37.0 Å². The summed E-state index contributed by atoms with van der Waals surface area (Å²) < 4.78 is 42.2. The molecular weight excluding hydrogens is 509 g/mol. The molecule has 1 unspecified atom stereocenters. The van der Waals surface area contributed by atoms with E-state index < -0.39 is 17.9 Å². The van der Waals surface area contributed by atoms with Crippen LogP contribution in [-0.2, 0) is 4.74 Å². The van der Waals surface area contributed by atoms with Crippen molar-refractivity contribution in [1.82, 2.24) is 19.7 Å². The Bertz CT molecular complexity index is 1400. The van der Waals surface area contributed by atoms with Crippen LogP contribution in [0.2, 0.25) is 10.0 Å². The molecule has 0 bridgehead atoms. The van der Waals surface area contributed by atoms with Crippen LogP contribution in [0.1, 0.15) is 55.3 Å². The third-order valence-corrected chi connectivity index (χ3v) is 6.61. The molecule has 1 saturated heterocycles. The zero-order valence-electron chi connectivity index (χ0n) is 19.3. The fourth-order valence-electron chi connectivity index (χ4n) is 4.25. The van der Waals surface area contributed by atoms with Crippen molar-refractivity contribution >= 4 is 46.0 Å². The van der Waals surface area contributed by atoms with Gasteiger partial charge in [0, 0.05) is 47.8 Å². The van der Waals surface area contributed by atoms with E-state index in [9.17, 15) is 4.39 Å². The summed E-state index contributed by atoms with van der Waals surface area (Å²) in [6, 6.07) is 7.92. The molecule has 186 valence electrons. The molecule has 2 atom stereocenters. The standard InChI is InChI=1S/C26H22Cl2F2N4O2/c1-15(26-19(27)13-31-14-20(26)28)36-17-6-7-23-18(10-17)22(33-34(23)25-4-2-3-9-35-25)11-21(29)16-5-8-24(30)32-12-16/h5-8,10-15,25H,2-4,9H2,1H3/b21-11-/t15-,25?/m1/s1. The molecule has 3 aromatic heterocycles. The van der Waals surface area contributed by atoms with Gasteiger partial charge in [-0.1, -0.05) is 23.2 Å². The van der Waals surface area contributed by atoms with Crippen LogP contribution < -0.4 is 4.74 Å². The molecule has 0 radical (unpaired) electrons. The first kappa shape index (κ1) is 24.6. The smallest absolute Gasteiger partial charge is 0.212 e. The Morgan fingerprint density at radius 1 is 1.17 bits per heavy atom. The highest BCUT2D eigenvalue weighted by Crippen LogP contribution is 2.36. The summed E-state index contributed by atoms with van der Waals surface area (Å²) >= 11 is 12.6. The minimum Gasteiger partial charge on any atom is -0.486 e. The fraction of sp³-hybridized carbons (Fsp3) is 0.269. The van der Waals surface area contributed by atoms with Gasteiger partial charge in [0.05, 0.1) is 21.3 Å². The topological polar surface area (TPSA) is 62.1 Å². The van der Waals surface area contributed by atoms with Crippen molar-refractivity contribution in [2.45, 2.75) is 38.5 Å². The van der Waals surface area contributed by atoms with Gasteiger partial charge in [-0.3, -0.25) is 4.98 Å². The van der Waals surface area contributed by atoms with Crippen LogP contribution in [0.25, 0.3) is 22.8 Å². The van der Waals surface area contributed by atoms with Crippen LogP contribution in [0.4, 0.5) is 8.78 Å². The van der Waals surface area contributed by atoms with E-state index >= 15 is 4.39 Å². The number of nitrogens with zero attached hydrogens (tertiary/aromatic N) is 4. The quantitative estimate of drug-likeness (QED) is 0.240. The summed E-state index contributed by atoms with van der Waals surface area (Å²) in [6.07, 6.45) is 7.56. The molecule has 0 aliphatic carbocycles. The maximum Gasteiger partial charge on any atom is 0.212 e. The Morgan fingerprint density at radius 3 is 2.67 bits per heavy atom. The molecule has 1 aromatic carbocycles. The van der Waals surface area contributed by atoms with Crippen LogP contribution in [0, 0.1) is 5.95 Å². The second-order valence-corrected chi connectivity index (χ2v) is 9.28. The first-order chi connectivity index (χ1) is 17.4. The molecule has 4 aromatic rings. The number of hydrogen-bond acceptors (Lipinski definition) is 5. The second-order valence-electron chi connectivity index (χ2n) is 8.47. The number of rotatable bonds is 6. The second kappa shape index (κ2) is 10.5. The van der Waals surface area contributed by atoms with Crippen LogP contribution in [0.3, 0.4) is 0 Å². The highest BCUT2D eigenvalue weighted by Gasteiger charge is 2.22. The van der Waals surface area contributed by atoms with Gasteiger partial charge in [0.2, 0.25) is 5.95 Å². The Hall–Kier alpha value is -3.07. The van der Waals surface area contributed by atoms with Crippen molar-refractivity contribution in [3.05, 3.63) is 81.7 Å². The monoisotopic (exact) mass is 530 g/mol. The number of benzene rings is 1. The molecule has 36 heavy (non-hydrogen) atoms. The molecule has 1 fully saturated rings. The van der Waals surface area contributed by atoms with Crippen LogP contribution in [0.15, 0.2) is 48.9 Å². The van der Waals surface area contributed by atoms with Gasteiger partial charge < -0.3 is 9.47 Å². The summed E-state index contributed by atoms with van der Waals surface area (Å²) in [5.74, 6) is -0.740. The van der Waals surface area contributed by atoms with Crippen LogP contribution >= 0.6 is 23.2 Å². The molecule has 0 amide bonds. The molecule has 6 nitrogen and oxygen atoms in total. The van der Waals surface area contributed by atoms with Gasteiger partial charge in [-0.05, 0) is 56.5 Å². The van der Waals surface area contributed by atoms with Crippen molar-refractivity contribution in [3.63, 3.8) is 0 Å². The van der Waals surface area contributed by atoms with Gasteiger partial charge in [-0.2, -0.15) is 9.49 Å². The van der Waals surface area contributed by atoms with E-state index in [1.54, 1.807) is 10.7 Å². The van der Waals surface area contributed by atoms with Crippen molar-refractivity contribution < 1.29 is 18.3 Å². The molecule has 1 aliphatic rings. The maximum atomic E-state index is 15.1. The van der Waals surface area contributed by atoms with E-state index in [0.29, 0.717) is 39.0 Å². The van der Waals surface area contributed by atoms with Gasteiger partial charge >= 0.3 is 0 Å². The predicted molar refractivity (Wildman–Crippen MR) is 135 cm³/mol. The lowest BCUT2D eigenvalue weighted by Crippen LogP contribution is -2.19. The number of hydrogen-bond donors (Lipinski definition) is 0. The lowest BCUT2D eigenvalue weighted by molar-refractivity contribution is -0.0367. The van der Waals surface area contributed by atoms with Gasteiger partial charge in [-0.15, -0.1) is 0 Å². The van der Waals surface area contributed by atoms with E-state index in [1.807, 2.05) is 19.1 Å². The average Bonchev–Trinajstić information content (AvgIpc) is 3.22. The molecule has 10 heteroatoms. The number of aromatic nitrogens is 4. The van der Waals surface area contributed by atoms with Crippen LogP contribution in [0.5, 0.6) is 5.75 Å². The summed E-state index contributed by atoms with van der Waals surface area (Å²) in [6.45, 7) is 2.47. The Labute approximate surface area is 216 Å². The van der Waals surface area contributed by atoms with E-state index in [1.165, 1.54) is 24.5 Å². The van der Waals surface area contributed by atoms with Crippen molar-refractivity contribution in [1.29, 1.82) is 0 Å². The van der Waals surface area contributed by atoms with E-state index in [4.69, 9.17) is 32.7 Å². The molecule has 0 N–H and O–H groups in total. The number of pyridine rings is 2. The van der Waals surface area contributed by atoms with Crippen molar-refractivity contribution in [2.24, 2.45) is 0 Å². The van der Waals surface area contributed by atoms with Gasteiger partial charge in [-0.25, -0.2) is 14.1 Å². The summed E-state index contributed by atoms with van der Waals surface area (Å²) in [4.78, 5) is 7.51. The van der Waals surface area contributed by atoms with E-state index in [-0.39, 0.29) is 11.8 Å². The summed E-state index contributed by atoms with van der Waals surface area (Å²) in [5.41, 5.74) is 1.93. The number of fused-ring (bicyclic) bond motifs is 1. The summed E-state index contributed by atoms with van der Waals surface area (Å²) in [7, 11) is 0. The Kier molecular flexibility index (Phi) is 7.18. The van der Waals surface area contributed by atoms with Gasteiger partial charge in [0.15, 0.2) is 6.23 Å². The van der Waals surface area contributed by atoms with Gasteiger partial charge in [0.25, 0.3) is 0 Å². The number of ether oxygens (including phenoxy) is 2. The lowest BCUT2D eigenvalue weighted by atomic mass is 10.1. The predicted octanol–water partition coefficient (Wildman–Crippen LogP) is 7.58. The maximum absolute atomic E-state index is 15.1. The molecule has 5 rings (SSSR count). The zero-order valence-corrected chi connectivity index (χ0v) is 20.8. The van der Waals surface area contributed by atoms with Crippen LogP contribution in [-0.4, -0.2) is 26.4 Å². The van der Waals surface area contributed by atoms with Gasteiger partial charge in [0.1, 0.15) is 17.7 Å². The first-order valence-corrected chi connectivity index (χ1v) is 12.2. The largest absolute Gasteiger partial charge is 0.486 e. The lowest BCUT2D eigenvalue weighted by Gasteiger charge is -2.23. The average molecular weight is 531 g/mol. The third kappa shape index (κ3) is 5.07. The molecule has 4 heterocycles. The third-order valence-electron chi connectivity index (χ3n) is 6.01. The fourth-order valence-corrected chi connectivity index (χ4v) is 4.93. The minimum atomic E-state index is -0.680. The molecular formula is C26H22Cl2F2N4O2. The zero-order chi connectivity index (χ0) is 25.2. The highest BCUT2D eigenvalue weighted by molar-refractivity contribution is 6.35. The van der Waals surface area contributed by atoms with Crippen molar-refractivity contribution in [3.8, 4) is 5.75 Å². The summed E-state index contributed by atoms with van der Waals surface area (Å²) in [5, 5.41) is 6.15. The minimum absolute atomic E-state index is 0.149. The molecule has 1 aliphatic heterocycles. The first-order valence-electron chi connectivity index (χ1n) is 11.5. The Balaban J connectivity index is 1.55. The SMILES string of the molecule is C[C@@H](Oc1ccc2c(c1)c(/C=C(\F)c1ccc(F)nc1)nn2C1CCCCO1)c1c(Cl)cncc1Cl. The molecule has 0 saturated carbocycles. The Morgan fingerprint density at radius 2 is 1.97 bits per heavy atom. The molecule has 0 spiro atoms. The number of halogens is 4.